The third kappa shape index (κ3) is 7.98. The van der Waals surface area contributed by atoms with Crippen molar-refractivity contribution in [2.24, 2.45) is 0 Å². The predicted molar refractivity (Wildman–Crippen MR) is 210 cm³/mol. The van der Waals surface area contributed by atoms with Gasteiger partial charge in [0.15, 0.2) is 11.5 Å². The standard InChI is InChI=1S/C40H41BrClN5O3S/c1-23-11-10-14-32(24(23)2)44-37(48)34-25(3)43-38-45-39(51-22-27-12-8-9-13-31(27)42)46-47(38)35(34)28-19-30(41)36(33(20-28)49-7)50-21-26-15-17-29(18-16-26)40(4,5)6/h8-20,35H,21-22H2,1-7H3,(H,44,48)(H,43,45,46). The van der Waals surface area contributed by atoms with E-state index in [0.717, 1.165) is 33.5 Å². The molecule has 4 aromatic carbocycles. The molecule has 1 aliphatic rings. The van der Waals surface area contributed by atoms with Crippen molar-refractivity contribution in [1.29, 1.82) is 0 Å². The Morgan fingerprint density at radius 1 is 1.04 bits per heavy atom. The number of fused-ring (bicyclic) bond motifs is 1. The number of thioether (sulfide) groups is 1. The highest BCUT2D eigenvalue weighted by molar-refractivity contribution is 9.10. The van der Waals surface area contributed by atoms with Crippen LogP contribution in [0.15, 0.2) is 99.8 Å². The minimum atomic E-state index is -0.641. The SMILES string of the molecule is COc1cc(C2C(C(=O)Nc3cccc(C)c3C)=C(C)Nc3nc(SCc4ccccc4Cl)nn32)cc(Br)c1OCc1ccc(C(C)(C)C)cc1. The van der Waals surface area contributed by atoms with Gasteiger partial charge in [-0.05, 0) is 99.8 Å². The summed E-state index contributed by atoms with van der Waals surface area (Å²) in [6, 6.07) is 25.3. The van der Waals surface area contributed by atoms with E-state index in [9.17, 15) is 4.79 Å². The van der Waals surface area contributed by atoms with E-state index in [1.165, 1.54) is 17.3 Å². The van der Waals surface area contributed by atoms with Crippen LogP contribution in [0.3, 0.4) is 0 Å². The lowest BCUT2D eigenvalue weighted by Gasteiger charge is -2.29. The summed E-state index contributed by atoms with van der Waals surface area (Å²) in [4.78, 5) is 19.1. The van der Waals surface area contributed by atoms with E-state index < -0.39 is 6.04 Å². The molecule has 0 radical (unpaired) electrons. The third-order valence-electron chi connectivity index (χ3n) is 9.02. The molecule has 2 N–H and O–H groups in total. The second kappa shape index (κ2) is 15.2. The first kappa shape index (κ1) is 36.5. The largest absolute Gasteiger partial charge is 0.493 e. The molecule has 0 spiro atoms. The highest BCUT2D eigenvalue weighted by atomic mass is 79.9. The molecule has 1 unspecified atom stereocenters. The number of hydrogen-bond acceptors (Lipinski definition) is 7. The van der Waals surface area contributed by atoms with Gasteiger partial charge in [0, 0.05) is 22.2 Å². The maximum Gasteiger partial charge on any atom is 0.255 e. The Hall–Kier alpha value is -4.25. The second-order valence-corrected chi connectivity index (χ2v) is 15.8. The molecule has 51 heavy (non-hydrogen) atoms. The molecule has 1 aromatic heterocycles. The van der Waals surface area contributed by atoms with E-state index in [2.05, 4.69) is 71.6 Å². The van der Waals surface area contributed by atoms with E-state index in [1.807, 2.05) is 75.4 Å². The summed E-state index contributed by atoms with van der Waals surface area (Å²) in [7, 11) is 1.61. The molecule has 264 valence electrons. The molecule has 0 bridgehead atoms. The highest BCUT2D eigenvalue weighted by Crippen LogP contribution is 2.44. The number of anilines is 2. The van der Waals surface area contributed by atoms with Gasteiger partial charge in [-0.3, -0.25) is 4.79 Å². The van der Waals surface area contributed by atoms with Crippen molar-refractivity contribution in [3.8, 4) is 11.5 Å². The van der Waals surface area contributed by atoms with E-state index >= 15 is 0 Å². The minimum absolute atomic E-state index is 0.0660. The molecule has 8 nitrogen and oxygen atoms in total. The average molecular weight is 787 g/mol. The molecule has 2 heterocycles. The number of carbonyl (C=O) groups is 1. The maximum absolute atomic E-state index is 14.3. The van der Waals surface area contributed by atoms with E-state index in [1.54, 1.807) is 11.8 Å². The molecule has 6 rings (SSSR count). The summed E-state index contributed by atoms with van der Waals surface area (Å²) in [5, 5.41) is 12.7. The molecular weight excluding hydrogens is 746 g/mol. The van der Waals surface area contributed by atoms with Crippen LogP contribution in [0.4, 0.5) is 11.6 Å². The molecule has 1 amide bonds. The Balaban J connectivity index is 1.36. The van der Waals surface area contributed by atoms with E-state index in [4.69, 9.17) is 31.2 Å². The summed E-state index contributed by atoms with van der Waals surface area (Å²) in [6.07, 6.45) is 0. The van der Waals surface area contributed by atoms with Crippen LogP contribution < -0.4 is 20.1 Å². The Labute approximate surface area is 317 Å². The fourth-order valence-corrected chi connectivity index (χ4v) is 7.61. The van der Waals surface area contributed by atoms with Crippen molar-refractivity contribution >= 4 is 56.8 Å². The topological polar surface area (TPSA) is 90.3 Å². The van der Waals surface area contributed by atoms with Crippen LogP contribution in [0.5, 0.6) is 11.5 Å². The van der Waals surface area contributed by atoms with Crippen LogP contribution in [0.25, 0.3) is 0 Å². The molecule has 1 aliphatic heterocycles. The van der Waals surface area contributed by atoms with Gasteiger partial charge in [0.2, 0.25) is 11.1 Å². The van der Waals surface area contributed by atoms with Gasteiger partial charge in [-0.2, -0.15) is 4.98 Å². The molecule has 5 aromatic rings. The lowest BCUT2D eigenvalue weighted by atomic mass is 9.87. The van der Waals surface area contributed by atoms with Gasteiger partial charge in [0.05, 0.1) is 17.2 Å². The summed E-state index contributed by atoms with van der Waals surface area (Å²) < 4.78 is 14.7. The van der Waals surface area contributed by atoms with Crippen molar-refractivity contribution in [2.45, 2.75) is 70.5 Å². The predicted octanol–water partition coefficient (Wildman–Crippen LogP) is 10.4. The molecule has 1 atom stereocenters. The van der Waals surface area contributed by atoms with Crippen LogP contribution in [-0.4, -0.2) is 27.8 Å². The summed E-state index contributed by atoms with van der Waals surface area (Å²) in [5.41, 5.74) is 8.12. The third-order valence-corrected chi connectivity index (χ3v) is 10.9. The van der Waals surface area contributed by atoms with Gasteiger partial charge >= 0.3 is 0 Å². The number of halogens is 2. The van der Waals surface area contributed by atoms with Gasteiger partial charge in [-0.1, -0.05) is 98.7 Å². The van der Waals surface area contributed by atoms with Crippen molar-refractivity contribution < 1.29 is 14.3 Å². The number of nitrogens with zero attached hydrogens (tertiary/aromatic N) is 3. The molecule has 0 fully saturated rings. The molecule has 0 aliphatic carbocycles. The zero-order valence-corrected chi connectivity index (χ0v) is 32.9. The number of allylic oxidation sites excluding steroid dienone is 1. The molecular formula is C40H41BrClN5O3S. The lowest BCUT2D eigenvalue weighted by Crippen LogP contribution is -2.31. The Morgan fingerprint density at radius 2 is 1.78 bits per heavy atom. The normalized spacial score (nSPS) is 14.2. The number of carbonyl (C=O) groups excluding carboxylic acids is 1. The second-order valence-electron chi connectivity index (χ2n) is 13.6. The van der Waals surface area contributed by atoms with Crippen LogP contribution in [0.1, 0.15) is 67.1 Å². The Morgan fingerprint density at radius 3 is 2.49 bits per heavy atom. The van der Waals surface area contributed by atoms with Gasteiger partial charge in [0.25, 0.3) is 5.91 Å². The lowest BCUT2D eigenvalue weighted by molar-refractivity contribution is -0.113. The summed E-state index contributed by atoms with van der Waals surface area (Å²) in [6.45, 7) is 12.9. The van der Waals surface area contributed by atoms with Crippen LogP contribution in [-0.2, 0) is 22.6 Å². The maximum atomic E-state index is 14.3. The van der Waals surface area contributed by atoms with Gasteiger partial charge in [0.1, 0.15) is 12.6 Å². The molecule has 11 heteroatoms. The fraction of sp³-hybridized carbons (Fsp3) is 0.275. The monoisotopic (exact) mass is 785 g/mol. The van der Waals surface area contributed by atoms with Crippen molar-refractivity contribution in [3.05, 3.63) is 133 Å². The average Bonchev–Trinajstić information content (AvgIpc) is 3.50. The first-order chi connectivity index (χ1) is 24.3. The first-order valence-electron chi connectivity index (χ1n) is 16.6. The van der Waals surface area contributed by atoms with Crippen molar-refractivity contribution in [1.82, 2.24) is 14.8 Å². The van der Waals surface area contributed by atoms with Gasteiger partial charge in [-0.15, -0.1) is 5.10 Å². The Bertz CT molecular complexity index is 2120. The smallest absolute Gasteiger partial charge is 0.255 e. The van der Waals surface area contributed by atoms with Gasteiger partial charge in [-0.25, -0.2) is 4.68 Å². The quantitative estimate of drug-likeness (QED) is 0.136. The first-order valence-corrected chi connectivity index (χ1v) is 18.8. The van der Waals surface area contributed by atoms with Crippen LogP contribution >= 0.6 is 39.3 Å². The number of benzene rings is 4. The zero-order valence-electron chi connectivity index (χ0n) is 29.7. The van der Waals surface area contributed by atoms with Crippen LogP contribution in [0.2, 0.25) is 5.02 Å². The minimum Gasteiger partial charge on any atom is -0.493 e. The number of aromatic nitrogens is 3. The molecule has 0 saturated carbocycles. The van der Waals surface area contributed by atoms with E-state index in [0.29, 0.717) is 55.7 Å². The number of ether oxygens (including phenoxy) is 2. The number of rotatable bonds is 10. The van der Waals surface area contributed by atoms with Crippen LogP contribution in [0, 0.1) is 13.8 Å². The number of nitrogens with one attached hydrogen (secondary N) is 2. The number of hydrogen-bond donors (Lipinski definition) is 2. The number of amides is 1. The summed E-state index contributed by atoms with van der Waals surface area (Å²) in [5.74, 6) is 1.94. The van der Waals surface area contributed by atoms with Crippen molar-refractivity contribution in [2.75, 3.05) is 17.7 Å². The van der Waals surface area contributed by atoms with Crippen molar-refractivity contribution in [3.63, 3.8) is 0 Å². The Kier molecular flexibility index (Phi) is 10.9. The fourth-order valence-electron chi connectivity index (χ4n) is 5.92. The highest BCUT2D eigenvalue weighted by Gasteiger charge is 2.36. The zero-order chi connectivity index (χ0) is 36.4. The van der Waals surface area contributed by atoms with E-state index in [-0.39, 0.29) is 11.3 Å². The number of methoxy groups -OCH3 is 1. The number of aryl methyl sites for hydroxylation is 1. The van der Waals surface area contributed by atoms with Gasteiger partial charge < -0.3 is 20.1 Å². The molecule has 0 saturated heterocycles. The summed E-state index contributed by atoms with van der Waals surface area (Å²) >= 11 is 11.7.